The minimum absolute atomic E-state index is 0.357. The summed E-state index contributed by atoms with van der Waals surface area (Å²) in [6.07, 6.45) is 7.27. The van der Waals surface area contributed by atoms with Crippen LogP contribution in [0.3, 0.4) is 0 Å². The summed E-state index contributed by atoms with van der Waals surface area (Å²) in [7, 11) is 0. The van der Waals surface area contributed by atoms with Crippen molar-refractivity contribution in [2.75, 3.05) is 6.61 Å². The molecule has 0 amide bonds. The van der Waals surface area contributed by atoms with E-state index in [9.17, 15) is 0 Å². The van der Waals surface area contributed by atoms with Gasteiger partial charge in [0.15, 0.2) is 0 Å². The lowest BCUT2D eigenvalue weighted by Crippen LogP contribution is -2.19. The van der Waals surface area contributed by atoms with Crippen LogP contribution >= 0.6 is 0 Å². The highest BCUT2D eigenvalue weighted by molar-refractivity contribution is 4.59. The second kappa shape index (κ2) is 5.56. The molecule has 1 atom stereocenters. The first kappa shape index (κ1) is 9.01. The molecule has 1 radical (unpaired) electrons. The maximum Gasteiger partial charge on any atom is 0.0930 e. The summed E-state index contributed by atoms with van der Waals surface area (Å²) >= 11 is 0. The topological polar surface area (TPSA) is 18.5 Å². The minimum Gasteiger partial charge on any atom is -0.236 e. The number of hydrogen-bond donors (Lipinski definition) is 0. The average molecular weight is 157 g/mol. The zero-order chi connectivity index (χ0) is 7.94. The zero-order valence-corrected chi connectivity index (χ0v) is 7.05. The summed E-state index contributed by atoms with van der Waals surface area (Å²) in [5.41, 5.74) is 0. The zero-order valence-electron chi connectivity index (χ0n) is 7.05. The summed E-state index contributed by atoms with van der Waals surface area (Å²) in [5.74, 6) is 0. The van der Waals surface area contributed by atoms with Gasteiger partial charge in [-0.05, 0) is 19.3 Å². The van der Waals surface area contributed by atoms with Gasteiger partial charge in [-0.1, -0.05) is 26.2 Å². The van der Waals surface area contributed by atoms with E-state index in [1.165, 1.54) is 12.8 Å². The van der Waals surface area contributed by atoms with E-state index >= 15 is 0 Å². The number of unbranched alkanes of at least 4 members (excludes halogenated alkanes) is 2. The van der Waals surface area contributed by atoms with Crippen molar-refractivity contribution < 1.29 is 9.78 Å². The Morgan fingerprint density at radius 3 is 2.91 bits per heavy atom. The van der Waals surface area contributed by atoms with E-state index in [0.717, 1.165) is 32.3 Å². The molecule has 0 saturated carbocycles. The third kappa shape index (κ3) is 3.73. The molecule has 1 aliphatic heterocycles. The van der Waals surface area contributed by atoms with Crippen LogP contribution < -0.4 is 0 Å². The van der Waals surface area contributed by atoms with Gasteiger partial charge in [0.1, 0.15) is 0 Å². The van der Waals surface area contributed by atoms with Gasteiger partial charge < -0.3 is 0 Å². The van der Waals surface area contributed by atoms with Crippen molar-refractivity contribution >= 4 is 0 Å². The third-order valence-corrected chi connectivity index (χ3v) is 1.98. The van der Waals surface area contributed by atoms with Gasteiger partial charge in [-0.2, -0.15) is 0 Å². The van der Waals surface area contributed by atoms with Crippen LogP contribution in [0.1, 0.15) is 38.5 Å². The Hall–Kier alpha value is -0.0800. The molecule has 1 unspecified atom stereocenters. The molecule has 0 N–H and O–H groups in total. The molecule has 2 nitrogen and oxygen atoms in total. The summed E-state index contributed by atoms with van der Waals surface area (Å²) < 4.78 is 0. The smallest absolute Gasteiger partial charge is 0.0930 e. The van der Waals surface area contributed by atoms with E-state index in [2.05, 4.69) is 6.92 Å². The Kier molecular flexibility index (Phi) is 4.55. The van der Waals surface area contributed by atoms with Crippen LogP contribution in [-0.4, -0.2) is 12.7 Å². The molecular weight excluding hydrogens is 140 g/mol. The van der Waals surface area contributed by atoms with Crippen LogP contribution in [0, 0.1) is 6.92 Å². The van der Waals surface area contributed by atoms with Crippen LogP contribution in [0.15, 0.2) is 0 Å². The fraction of sp³-hybridized carbons (Fsp3) is 0.889. The second-order valence-corrected chi connectivity index (χ2v) is 3.03. The summed E-state index contributed by atoms with van der Waals surface area (Å²) in [4.78, 5) is 10.0. The van der Waals surface area contributed by atoms with Crippen LogP contribution in [0.4, 0.5) is 0 Å². The highest BCUT2D eigenvalue weighted by Crippen LogP contribution is 2.16. The summed E-state index contributed by atoms with van der Waals surface area (Å²) in [6.45, 7) is 4.57. The van der Waals surface area contributed by atoms with Crippen molar-refractivity contribution in [2.24, 2.45) is 0 Å². The molecule has 0 bridgehead atoms. The van der Waals surface area contributed by atoms with Crippen LogP contribution in [-0.2, 0) is 9.78 Å². The van der Waals surface area contributed by atoms with Crippen LogP contribution in [0.2, 0.25) is 0 Å². The number of hydrogen-bond acceptors (Lipinski definition) is 2. The summed E-state index contributed by atoms with van der Waals surface area (Å²) in [6, 6.07) is 0. The normalized spacial score (nSPS) is 25.4. The van der Waals surface area contributed by atoms with E-state index in [0.29, 0.717) is 6.10 Å². The lowest BCUT2D eigenvalue weighted by molar-refractivity contribution is -0.345. The largest absolute Gasteiger partial charge is 0.236 e. The van der Waals surface area contributed by atoms with Crippen molar-refractivity contribution in [1.29, 1.82) is 0 Å². The third-order valence-electron chi connectivity index (χ3n) is 1.98. The molecule has 2 heteroatoms. The second-order valence-electron chi connectivity index (χ2n) is 3.03. The highest BCUT2D eigenvalue weighted by Gasteiger charge is 2.13. The molecule has 11 heavy (non-hydrogen) atoms. The van der Waals surface area contributed by atoms with E-state index in [-0.39, 0.29) is 0 Å². The molecule has 1 aliphatic rings. The first-order valence-electron chi connectivity index (χ1n) is 4.51. The van der Waals surface area contributed by atoms with Crippen molar-refractivity contribution in [3.63, 3.8) is 0 Å². The maximum atomic E-state index is 5.10. The molecule has 1 saturated heterocycles. The Bertz CT molecular complexity index is 87.6. The van der Waals surface area contributed by atoms with Gasteiger partial charge in [-0.15, -0.1) is 0 Å². The predicted molar refractivity (Wildman–Crippen MR) is 43.9 cm³/mol. The Labute approximate surface area is 68.8 Å². The van der Waals surface area contributed by atoms with E-state index in [4.69, 9.17) is 9.78 Å². The quantitative estimate of drug-likeness (QED) is 0.461. The first-order chi connectivity index (χ1) is 5.43. The van der Waals surface area contributed by atoms with Crippen molar-refractivity contribution in [1.82, 2.24) is 0 Å². The highest BCUT2D eigenvalue weighted by atomic mass is 17.2. The van der Waals surface area contributed by atoms with Crippen molar-refractivity contribution in [2.45, 2.75) is 44.6 Å². The SMILES string of the molecule is [CH2]CCCCC1CCCOO1. The van der Waals surface area contributed by atoms with E-state index < -0.39 is 0 Å². The fourth-order valence-electron chi connectivity index (χ4n) is 1.30. The minimum atomic E-state index is 0.357. The van der Waals surface area contributed by atoms with Gasteiger partial charge in [0.05, 0.1) is 12.7 Å². The molecule has 65 valence electrons. The van der Waals surface area contributed by atoms with Crippen LogP contribution in [0.5, 0.6) is 0 Å². The van der Waals surface area contributed by atoms with Crippen molar-refractivity contribution in [3.8, 4) is 0 Å². The van der Waals surface area contributed by atoms with Gasteiger partial charge in [0, 0.05) is 0 Å². The molecular formula is C9H17O2. The first-order valence-corrected chi connectivity index (χ1v) is 4.51. The van der Waals surface area contributed by atoms with Crippen molar-refractivity contribution in [3.05, 3.63) is 6.92 Å². The molecule has 0 aromatic carbocycles. The Morgan fingerprint density at radius 1 is 1.36 bits per heavy atom. The molecule has 1 heterocycles. The number of rotatable bonds is 4. The molecule has 0 aliphatic carbocycles. The van der Waals surface area contributed by atoms with Gasteiger partial charge >= 0.3 is 0 Å². The monoisotopic (exact) mass is 157 g/mol. The average Bonchev–Trinajstić information content (AvgIpc) is 2.07. The fourth-order valence-corrected chi connectivity index (χ4v) is 1.30. The lowest BCUT2D eigenvalue weighted by Gasteiger charge is -2.20. The lowest BCUT2D eigenvalue weighted by atomic mass is 10.1. The molecule has 0 aromatic heterocycles. The summed E-state index contributed by atoms with van der Waals surface area (Å²) in [5, 5.41) is 0. The molecule has 0 spiro atoms. The Morgan fingerprint density at radius 2 is 2.27 bits per heavy atom. The standard InChI is InChI=1S/C9H17O2/c1-2-3-4-6-9-7-5-8-10-11-9/h9H,1-8H2. The Balaban J connectivity index is 1.96. The van der Waals surface area contributed by atoms with Gasteiger partial charge in [0.2, 0.25) is 0 Å². The molecule has 0 aromatic rings. The van der Waals surface area contributed by atoms with Gasteiger partial charge in [0.25, 0.3) is 0 Å². The van der Waals surface area contributed by atoms with Gasteiger partial charge in [-0.3, -0.25) is 0 Å². The van der Waals surface area contributed by atoms with E-state index in [1.54, 1.807) is 0 Å². The molecule has 1 fully saturated rings. The van der Waals surface area contributed by atoms with Crippen LogP contribution in [0.25, 0.3) is 0 Å². The maximum absolute atomic E-state index is 5.10. The molecule has 1 rings (SSSR count). The predicted octanol–water partition coefficient (Wildman–Crippen LogP) is 2.49. The van der Waals surface area contributed by atoms with E-state index in [1.807, 2.05) is 0 Å². The van der Waals surface area contributed by atoms with Gasteiger partial charge in [-0.25, -0.2) is 9.78 Å².